The molecule has 1 N–H and O–H groups in total. The maximum atomic E-state index is 12.4. The lowest BCUT2D eigenvalue weighted by molar-refractivity contribution is 0.0942. The molecule has 4 nitrogen and oxygen atoms in total. The molecule has 0 unspecified atom stereocenters. The highest BCUT2D eigenvalue weighted by Crippen LogP contribution is 2.22. The average molecular weight is 286 g/mol. The van der Waals surface area contributed by atoms with E-state index in [0.717, 1.165) is 42.7 Å². The molecule has 1 atom stereocenters. The number of nitrogens with one attached hydrogen (secondary N) is 1. The molecule has 0 bridgehead atoms. The van der Waals surface area contributed by atoms with Crippen LogP contribution in [0, 0.1) is 12.8 Å². The van der Waals surface area contributed by atoms with E-state index in [4.69, 9.17) is 4.74 Å². The molecule has 4 heteroatoms. The summed E-state index contributed by atoms with van der Waals surface area (Å²) in [6, 6.07) is 8.14. The van der Waals surface area contributed by atoms with Crippen LogP contribution in [-0.2, 0) is 11.8 Å². The van der Waals surface area contributed by atoms with Gasteiger partial charge in [0.05, 0.1) is 0 Å². The molecule has 1 saturated heterocycles. The van der Waals surface area contributed by atoms with E-state index in [-0.39, 0.29) is 5.91 Å². The molecule has 112 valence electrons. The van der Waals surface area contributed by atoms with Gasteiger partial charge in [-0.2, -0.15) is 0 Å². The second-order valence-corrected chi connectivity index (χ2v) is 5.87. The molecular weight excluding hydrogens is 264 g/mol. The second-order valence-electron chi connectivity index (χ2n) is 5.87. The Bertz CT molecular complexity index is 654. The van der Waals surface area contributed by atoms with Crippen LogP contribution in [0.25, 0.3) is 10.9 Å². The van der Waals surface area contributed by atoms with Crippen LogP contribution < -0.4 is 5.32 Å². The van der Waals surface area contributed by atoms with Gasteiger partial charge in [-0.1, -0.05) is 12.1 Å². The van der Waals surface area contributed by atoms with Gasteiger partial charge in [-0.3, -0.25) is 4.79 Å². The van der Waals surface area contributed by atoms with Crippen molar-refractivity contribution >= 4 is 16.8 Å². The Morgan fingerprint density at radius 1 is 1.48 bits per heavy atom. The van der Waals surface area contributed by atoms with Crippen LogP contribution in [0.4, 0.5) is 0 Å². The van der Waals surface area contributed by atoms with Crippen molar-refractivity contribution in [3.05, 3.63) is 35.5 Å². The van der Waals surface area contributed by atoms with Crippen LogP contribution >= 0.6 is 0 Å². The van der Waals surface area contributed by atoms with Gasteiger partial charge in [0.1, 0.15) is 5.69 Å². The topological polar surface area (TPSA) is 43.3 Å². The molecule has 0 spiro atoms. The Balaban J connectivity index is 1.69. The molecule has 1 amide bonds. The predicted octanol–water partition coefficient (Wildman–Crippen LogP) is 2.64. The van der Waals surface area contributed by atoms with Gasteiger partial charge in [0, 0.05) is 37.7 Å². The molecule has 2 aromatic rings. The Kier molecular flexibility index (Phi) is 3.97. The van der Waals surface area contributed by atoms with Crippen LogP contribution in [-0.4, -0.2) is 30.2 Å². The number of fused-ring (bicyclic) bond motifs is 1. The fourth-order valence-corrected chi connectivity index (χ4v) is 3.02. The van der Waals surface area contributed by atoms with Gasteiger partial charge in [0.2, 0.25) is 0 Å². The van der Waals surface area contributed by atoms with E-state index in [1.807, 2.05) is 23.7 Å². The quantitative estimate of drug-likeness (QED) is 0.939. The molecule has 2 heterocycles. The summed E-state index contributed by atoms with van der Waals surface area (Å²) in [6.45, 7) is 4.49. The van der Waals surface area contributed by atoms with Crippen molar-refractivity contribution in [1.29, 1.82) is 0 Å². The Morgan fingerprint density at radius 2 is 2.33 bits per heavy atom. The smallest absolute Gasteiger partial charge is 0.267 e. The Morgan fingerprint density at radius 3 is 3.05 bits per heavy atom. The lowest BCUT2D eigenvalue weighted by Gasteiger charge is -2.09. The van der Waals surface area contributed by atoms with E-state index in [1.54, 1.807) is 0 Å². The third kappa shape index (κ3) is 2.81. The zero-order valence-electron chi connectivity index (χ0n) is 12.7. The van der Waals surface area contributed by atoms with Gasteiger partial charge in [0.15, 0.2) is 0 Å². The van der Waals surface area contributed by atoms with E-state index in [9.17, 15) is 4.79 Å². The second kappa shape index (κ2) is 5.90. The first-order valence-electron chi connectivity index (χ1n) is 7.58. The highest BCUT2D eigenvalue weighted by molar-refractivity contribution is 5.99. The number of nitrogens with zero attached hydrogens (tertiary/aromatic N) is 1. The van der Waals surface area contributed by atoms with Crippen molar-refractivity contribution in [3.8, 4) is 0 Å². The van der Waals surface area contributed by atoms with Gasteiger partial charge in [-0.15, -0.1) is 0 Å². The van der Waals surface area contributed by atoms with E-state index in [2.05, 4.69) is 24.4 Å². The highest BCUT2D eigenvalue weighted by atomic mass is 16.5. The number of amides is 1. The molecule has 1 aromatic heterocycles. The summed E-state index contributed by atoms with van der Waals surface area (Å²) < 4.78 is 7.32. The van der Waals surface area contributed by atoms with Crippen LogP contribution in [0.5, 0.6) is 0 Å². The number of aryl methyl sites for hydroxylation is 2. The van der Waals surface area contributed by atoms with Gasteiger partial charge in [-0.25, -0.2) is 0 Å². The molecule has 0 saturated carbocycles. The molecule has 1 fully saturated rings. The SMILES string of the molecule is Cc1cccc2c1cc(C(=O)NCC[C@@H]1CCOC1)n2C. The van der Waals surface area contributed by atoms with Crippen molar-refractivity contribution < 1.29 is 9.53 Å². The maximum Gasteiger partial charge on any atom is 0.267 e. The molecular formula is C17H22N2O2. The minimum Gasteiger partial charge on any atom is -0.381 e. The van der Waals surface area contributed by atoms with Crippen molar-refractivity contribution in [1.82, 2.24) is 9.88 Å². The summed E-state index contributed by atoms with van der Waals surface area (Å²) in [5.74, 6) is 0.604. The number of ether oxygens (including phenoxy) is 1. The van der Waals surface area contributed by atoms with Crippen molar-refractivity contribution in [2.75, 3.05) is 19.8 Å². The van der Waals surface area contributed by atoms with Crippen LogP contribution in [0.2, 0.25) is 0 Å². The fraction of sp³-hybridized carbons (Fsp3) is 0.471. The van der Waals surface area contributed by atoms with Gasteiger partial charge < -0.3 is 14.6 Å². The number of hydrogen-bond acceptors (Lipinski definition) is 2. The molecule has 21 heavy (non-hydrogen) atoms. The molecule has 1 aromatic carbocycles. The molecule has 1 aliphatic heterocycles. The highest BCUT2D eigenvalue weighted by Gasteiger charge is 2.17. The van der Waals surface area contributed by atoms with Crippen molar-refractivity contribution in [2.24, 2.45) is 13.0 Å². The van der Waals surface area contributed by atoms with Gasteiger partial charge in [0.25, 0.3) is 5.91 Å². The van der Waals surface area contributed by atoms with Crippen LogP contribution in [0.1, 0.15) is 28.9 Å². The molecule has 3 rings (SSSR count). The summed E-state index contributed by atoms with van der Waals surface area (Å²) in [5.41, 5.74) is 3.02. The fourth-order valence-electron chi connectivity index (χ4n) is 3.02. The third-order valence-corrected chi connectivity index (χ3v) is 4.40. The standard InChI is InChI=1S/C17H22N2O2/c1-12-4-3-5-15-14(12)10-16(19(15)2)17(20)18-8-6-13-7-9-21-11-13/h3-5,10,13H,6-9,11H2,1-2H3,(H,18,20)/t13-/m1/s1. The van der Waals surface area contributed by atoms with Crippen molar-refractivity contribution in [2.45, 2.75) is 19.8 Å². The number of rotatable bonds is 4. The van der Waals surface area contributed by atoms with Crippen molar-refractivity contribution in [3.63, 3.8) is 0 Å². The number of carbonyl (C=O) groups is 1. The normalized spacial score (nSPS) is 18.3. The minimum absolute atomic E-state index is 0.00650. The van der Waals surface area contributed by atoms with Crippen LogP contribution in [0.15, 0.2) is 24.3 Å². The summed E-state index contributed by atoms with van der Waals surface area (Å²) in [5, 5.41) is 4.18. The number of aromatic nitrogens is 1. The summed E-state index contributed by atoms with van der Waals surface area (Å²) in [7, 11) is 1.95. The van der Waals surface area contributed by atoms with Gasteiger partial charge >= 0.3 is 0 Å². The summed E-state index contributed by atoms with van der Waals surface area (Å²) in [4.78, 5) is 12.4. The Hall–Kier alpha value is -1.81. The number of hydrogen-bond donors (Lipinski definition) is 1. The Labute approximate surface area is 125 Å². The first kappa shape index (κ1) is 14.1. The lowest BCUT2D eigenvalue weighted by atomic mass is 10.1. The van der Waals surface area contributed by atoms with E-state index in [1.165, 1.54) is 5.56 Å². The first-order chi connectivity index (χ1) is 10.2. The summed E-state index contributed by atoms with van der Waals surface area (Å²) >= 11 is 0. The number of carbonyl (C=O) groups excluding carboxylic acids is 1. The zero-order valence-corrected chi connectivity index (χ0v) is 12.7. The largest absolute Gasteiger partial charge is 0.381 e. The minimum atomic E-state index is 0.00650. The van der Waals surface area contributed by atoms with Crippen LogP contribution in [0.3, 0.4) is 0 Å². The molecule has 0 radical (unpaired) electrons. The molecule has 0 aliphatic carbocycles. The monoisotopic (exact) mass is 286 g/mol. The van der Waals surface area contributed by atoms with Gasteiger partial charge in [-0.05, 0) is 43.4 Å². The third-order valence-electron chi connectivity index (χ3n) is 4.40. The average Bonchev–Trinajstić information content (AvgIpc) is 3.08. The van der Waals surface area contributed by atoms with E-state index >= 15 is 0 Å². The predicted molar refractivity (Wildman–Crippen MR) is 83.5 cm³/mol. The van der Waals surface area contributed by atoms with E-state index < -0.39 is 0 Å². The maximum absolute atomic E-state index is 12.4. The number of benzene rings is 1. The van der Waals surface area contributed by atoms with E-state index in [0.29, 0.717) is 12.5 Å². The zero-order chi connectivity index (χ0) is 14.8. The lowest BCUT2D eigenvalue weighted by Crippen LogP contribution is -2.27. The summed E-state index contributed by atoms with van der Waals surface area (Å²) in [6.07, 6.45) is 2.11. The molecule has 1 aliphatic rings. The first-order valence-corrected chi connectivity index (χ1v) is 7.58.